The van der Waals surface area contributed by atoms with Gasteiger partial charge in [-0.2, -0.15) is 0 Å². The van der Waals surface area contributed by atoms with Crippen LogP contribution < -0.4 is 10.9 Å². The smallest absolute Gasteiger partial charge is 0.330 e. The van der Waals surface area contributed by atoms with Gasteiger partial charge in [-0.05, 0) is 6.08 Å². The molecule has 0 fully saturated rings. The average molecular weight is 157 g/mol. The Bertz CT molecular complexity index is 177. The topological polar surface area (TPSA) is 61.4 Å². The molecule has 0 aromatic heterocycles. The van der Waals surface area contributed by atoms with Gasteiger partial charge >= 0.3 is 6.03 Å². The monoisotopic (exact) mass is 157 g/mol. The maximum atomic E-state index is 10.7. The Hall–Kier alpha value is -1.52. The van der Waals surface area contributed by atoms with Crippen molar-refractivity contribution in [3.8, 4) is 0 Å². The molecule has 0 saturated carbocycles. The first-order valence-electron chi connectivity index (χ1n) is 2.97. The van der Waals surface area contributed by atoms with Crippen molar-refractivity contribution in [3.63, 3.8) is 0 Å². The third-order valence-corrected chi connectivity index (χ3v) is 0.884. The van der Waals surface area contributed by atoms with Gasteiger partial charge in [-0.1, -0.05) is 6.58 Å². The number of hydrogen-bond donors (Lipinski definition) is 2. The van der Waals surface area contributed by atoms with Gasteiger partial charge in [0.25, 0.3) is 5.91 Å². The van der Waals surface area contributed by atoms with Crippen LogP contribution in [0.2, 0.25) is 0 Å². The van der Waals surface area contributed by atoms with Crippen LogP contribution in [0.15, 0.2) is 12.7 Å². The maximum Gasteiger partial charge on any atom is 0.335 e. The van der Waals surface area contributed by atoms with Gasteiger partial charge in [0.15, 0.2) is 0 Å². The Labute approximate surface area is 65.0 Å². The molecule has 0 spiro atoms. The Balaban J connectivity index is 3.62. The number of carbonyl (C=O) groups excluding carboxylic acids is 2. The van der Waals surface area contributed by atoms with Gasteiger partial charge < -0.3 is 4.90 Å². The van der Waals surface area contributed by atoms with Gasteiger partial charge in [-0.25, -0.2) is 10.2 Å². The van der Waals surface area contributed by atoms with Crippen LogP contribution in [-0.4, -0.2) is 30.9 Å². The Morgan fingerprint density at radius 2 is 1.91 bits per heavy atom. The second kappa shape index (κ2) is 4.32. The van der Waals surface area contributed by atoms with Crippen molar-refractivity contribution >= 4 is 11.9 Å². The summed E-state index contributed by atoms with van der Waals surface area (Å²) in [5.74, 6) is -0.444. The van der Waals surface area contributed by atoms with E-state index in [1.54, 1.807) is 14.1 Å². The summed E-state index contributed by atoms with van der Waals surface area (Å²) >= 11 is 0. The van der Waals surface area contributed by atoms with E-state index in [2.05, 4.69) is 17.4 Å². The van der Waals surface area contributed by atoms with Crippen molar-refractivity contribution in [2.45, 2.75) is 0 Å². The predicted molar refractivity (Wildman–Crippen MR) is 40.6 cm³/mol. The molecule has 0 aliphatic carbocycles. The maximum absolute atomic E-state index is 10.7. The van der Waals surface area contributed by atoms with Crippen LogP contribution in [0.4, 0.5) is 4.79 Å². The number of hydrazine groups is 1. The van der Waals surface area contributed by atoms with Gasteiger partial charge in [-0.15, -0.1) is 0 Å². The fourth-order valence-electron chi connectivity index (χ4n) is 0.278. The molecule has 0 aliphatic heterocycles. The first kappa shape index (κ1) is 9.48. The highest BCUT2D eigenvalue weighted by molar-refractivity contribution is 5.88. The molecule has 0 aromatic carbocycles. The Morgan fingerprint density at radius 3 is 2.27 bits per heavy atom. The lowest BCUT2D eigenvalue weighted by molar-refractivity contribution is -0.117. The zero-order chi connectivity index (χ0) is 8.85. The van der Waals surface area contributed by atoms with Crippen LogP contribution in [0, 0.1) is 0 Å². The minimum atomic E-state index is -0.444. The molecule has 0 aliphatic rings. The van der Waals surface area contributed by atoms with E-state index in [4.69, 9.17) is 0 Å². The molecule has 0 aromatic rings. The summed E-state index contributed by atoms with van der Waals surface area (Å²) in [6.45, 7) is 3.21. The van der Waals surface area contributed by atoms with E-state index < -0.39 is 5.91 Å². The number of urea groups is 1. The first-order chi connectivity index (χ1) is 5.07. The van der Waals surface area contributed by atoms with Crippen molar-refractivity contribution in [1.29, 1.82) is 0 Å². The van der Waals surface area contributed by atoms with Gasteiger partial charge in [-0.3, -0.25) is 10.2 Å². The molecule has 2 N–H and O–H groups in total. The van der Waals surface area contributed by atoms with E-state index in [-0.39, 0.29) is 6.03 Å². The number of nitrogens with one attached hydrogen (secondary N) is 2. The van der Waals surface area contributed by atoms with E-state index in [1.807, 2.05) is 0 Å². The summed E-state index contributed by atoms with van der Waals surface area (Å²) in [5, 5.41) is 0. The molecule has 5 heteroatoms. The largest absolute Gasteiger partial charge is 0.335 e. The third-order valence-electron chi connectivity index (χ3n) is 0.884. The molecular weight excluding hydrogens is 146 g/mol. The van der Waals surface area contributed by atoms with Crippen LogP contribution >= 0.6 is 0 Å². The predicted octanol–water partition coefficient (Wildman–Crippen LogP) is -0.525. The molecule has 0 unspecified atom stereocenters. The Kier molecular flexibility index (Phi) is 3.72. The fourth-order valence-corrected chi connectivity index (χ4v) is 0.278. The summed E-state index contributed by atoms with van der Waals surface area (Å²) in [7, 11) is 3.13. The molecule has 0 radical (unpaired) electrons. The first-order valence-corrected chi connectivity index (χ1v) is 2.97. The number of carbonyl (C=O) groups is 2. The molecule has 0 saturated heterocycles. The van der Waals surface area contributed by atoms with Crippen LogP contribution in [0.5, 0.6) is 0 Å². The van der Waals surface area contributed by atoms with E-state index in [0.717, 1.165) is 6.08 Å². The molecule has 0 bridgehead atoms. The molecule has 11 heavy (non-hydrogen) atoms. The summed E-state index contributed by atoms with van der Waals surface area (Å²) in [6, 6.07) is -0.389. The highest BCUT2D eigenvalue weighted by Gasteiger charge is 2.01. The SMILES string of the molecule is C=CC(=O)NNC(=O)N(C)C. The summed E-state index contributed by atoms with van der Waals surface area (Å²) in [6.07, 6.45) is 1.07. The third kappa shape index (κ3) is 3.96. The Morgan fingerprint density at radius 1 is 1.36 bits per heavy atom. The number of amides is 3. The van der Waals surface area contributed by atoms with Crippen molar-refractivity contribution in [3.05, 3.63) is 12.7 Å². The highest BCUT2D eigenvalue weighted by atomic mass is 16.2. The van der Waals surface area contributed by atoms with E-state index >= 15 is 0 Å². The fraction of sp³-hybridized carbons (Fsp3) is 0.333. The van der Waals surface area contributed by atoms with Crippen LogP contribution in [0.25, 0.3) is 0 Å². The van der Waals surface area contributed by atoms with Gasteiger partial charge in [0.1, 0.15) is 0 Å². The average Bonchev–Trinajstić information content (AvgIpc) is 1.99. The second-order valence-corrected chi connectivity index (χ2v) is 2.02. The summed E-state index contributed by atoms with van der Waals surface area (Å²) in [5.41, 5.74) is 4.26. The van der Waals surface area contributed by atoms with Crippen molar-refractivity contribution in [1.82, 2.24) is 15.8 Å². The zero-order valence-corrected chi connectivity index (χ0v) is 6.55. The van der Waals surface area contributed by atoms with E-state index in [1.165, 1.54) is 4.90 Å². The van der Waals surface area contributed by atoms with Gasteiger partial charge in [0.2, 0.25) is 0 Å². The quantitative estimate of drug-likeness (QED) is 0.397. The minimum Gasteiger partial charge on any atom is -0.330 e. The lowest BCUT2D eigenvalue weighted by atomic mass is 10.6. The minimum absolute atomic E-state index is 0.389. The van der Waals surface area contributed by atoms with E-state index in [0.29, 0.717) is 0 Å². The van der Waals surface area contributed by atoms with Crippen LogP contribution in [0.3, 0.4) is 0 Å². The lowest BCUT2D eigenvalue weighted by Gasteiger charge is -2.11. The van der Waals surface area contributed by atoms with Crippen molar-refractivity contribution in [2.75, 3.05) is 14.1 Å². The molecular formula is C6H11N3O2. The van der Waals surface area contributed by atoms with Crippen LogP contribution in [-0.2, 0) is 4.79 Å². The standard InChI is InChI=1S/C6H11N3O2/c1-4-5(10)7-8-6(11)9(2)3/h4H,1H2,2-3H3,(H,7,10)(H,8,11). The van der Waals surface area contributed by atoms with Crippen molar-refractivity contribution in [2.24, 2.45) is 0 Å². The van der Waals surface area contributed by atoms with E-state index in [9.17, 15) is 9.59 Å². The molecule has 0 rings (SSSR count). The normalized spacial score (nSPS) is 8.18. The molecule has 5 nitrogen and oxygen atoms in total. The van der Waals surface area contributed by atoms with Gasteiger partial charge in [0, 0.05) is 14.1 Å². The van der Waals surface area contributed by atoms with Gasteiger partial charge in [0.05, 0.1) is 0 Å². The number of rotatable bonds is 1. The van der Waals surface area contributed by atoms with Crippen LogP contribution in [0.1, 0.15) is 0 Å². The molecule has 0 atom stereocenters. The zero-order valence-electron chi connectivity index (χ0n) is 6.55. The summed E-state index contributed by atoms with van der Waals surface area (Å²) < 4.78 is 0. The second-order valence-electron chi connectivity index (χ2n) is 2.02. The highest BCUT2D eigenvalue weighted by Crippen LogP contribution is 1.73. The van der Waals surface area contributed by atoms with Crippen molar-refractivity contribution < 1.29 is 9.59 Å². The molecule has 62 valence electrons. The number of hydrogen-bond acceptors (Lipinski definition) is 2. The summed E-state index contributed by atoms with van der Waals surface area (Å²) in [4.78, 5) is 22.5. The molecule has 3 amide bonds. The number of nitrogens with zero attached hydrogens (tertiary/aromatic N) is 1. The lowest BCUT2D eigenvalue weighted by Crippen LogP contribution is -2.45. The molecule has 0 heterocycles.